The highest BCUT2D eigenvalue weighted by atomic mass is 19.1. The Morgan fingerprint density at radius 1 is 0.857 bits per heavy atom. The van der Waals surface area contributed by atoms with E-state index < -0.39 is 5.41 Å². The number of rotatable bonds is 9. The Morgan fingerprint density at radius 3 is 1.71 bits per heavy atom. The van der Waals surface area contributed by atoms with Crippen LogP contribution in [0.5, 0.6) is 5.75 Å². The van der Waals surface area contributed by atoms with E-state index in [0.717, 1.165) is 16.9 Å². The van der Waals surface area contributed by atoms with E-state index in [9.17, 15) is 14.0 Å². The number of benzene rings is 2. The van der Waals surface area contributed by atoms with Gasteiger partial charge in [-0.15, -0.1) is 0 Å². The first kappa shape index (κ1) is 21.4. The zero-order valence-corrected chi connectivity index (χ0v) is 16.5. The fourth-order valence-electron chi connectivity index (χ4n) is 2.63. The van der Waals surface area contributed by atoms with Gasteiger partial charge in [0.15, 0.2) is 0 Å². The molecule has 0 aliphatic heterocycles. The monoisotopic (exact) mass is 386 g/mol. The van der Waals surface area contributed by atoms with Gasteiger partial charge in [-0.25, -0.2) is 4.39 Å². The summed E-state index contributed by atoms with van der Waals surface area (Å²) in [6.07, 6.45) is 1.24. The van der Waals surface area contributed by atoms with Gasteiger partial charge in [-0.2, -0.15) is 0 Å². The lowest BCUT2D eigenvalue weighted by molar-refractivity contribution is -0.141. The van der Waals surface area contributed by atoms with Gasteiger partial charge in [0, 0.05) is 13.1 Å². The Hall–Kier alpha value is -2.89. The van der Waals surface area contributed by atoms with Gasteiger partial charge in [0.25, 0.3) is 0 Å². The van der Waals surface area contributed by atoms with E-state index in [0.29, 0.717) is 25.9 Å². The van der Waals surface area contributed by atoms with Crippen LogP contribution < -0.4 is 15.4 Å². The molecule has 2 aromatic rings. The van der Waals surface area contributed by atoms with Crippen molar-refractivity contribution < 1.29 is 18.7 Å². The van der Waals surface area contributed by atoms with Crippen molar-refractivity contribution in [1.29, 1.82) is 0 Å². The van der Waals surface area contributed by atoms with Crippen LogP contribution in [0.1, 0.15) is 25.0 Å². The van der Waals surface area contributed by atoms with Gasteiger partial charge < -0.3 is 15.4 Å². The second kappa shape index (κ2) is 9.88. The molecule has 0 aliphatic rings. The molecule has 0 bridgehead atoms. The van der Waals surface area contributed by atoms with Crippen LogP contribution in [0.2, 0.25) is 0 Å². The normalized spacial score (nSPS) is 11.0. The maximum absolute atomic E-state index is 12.9. The highest BCUT2D eigenvalue weighted by Gasteiger charge is 2.35. The smallest absolute Gasteiger partial charge is 0.235 e. The Kier molecular flexibility index (Phi) is 7.55. The average Bonchev–Trinajstić information content (AvgIpc) is 2.69. The lowest BCUT2D eigenvalue weighted by Gasteiger charge is -2.22. The zero-order valence-electron chi connectivity index (χ0n) is 16.5. The Bertz CT molecular complexity index is 786. The zero-order chi connectivity index (χ0) is 20.6. The number of hydrogen-bond acceptors (Lipinski definition) is 3. The minimum atomic E-state index is -1.18. The number of carbonyl (C=O) groups excluding carboxylic acids is 2. The van der Waals surface area contributed by atoms with Crippen LogP contribution in [-0.2, 0) is 22.4 Å². The van der Waals surface area contributed by atoms with Crippen LogP contribution in [0.25, 0.3) is 0 Å². The molecule has 2 rings (SSSR count). The second-order valence-corrected chi connectivity index (χ2v) is 7.11. The molecule has 0 unspecified atom stereocenters. The van der Waals surface area contributed by atoms with E-state index in [-0.39, 0.29) is 17.6 Å². The number of amides is 2. The molecule has 2 aromatic carbocycles. The third-order valence-electron chi connectivity index (χ3n) is 4.61. The third-order valence-corrected chi connectivity index (χ3v) is 4.61. The van der Waals surface area contributed by atoms with Crippen molar-refractivity contribution in [3.8, 4) is 5.75 Å². The quantitative estimate of drug-likeness (QED) is 0.651. The van der Waals surface area contributed by atoms with Gasteiger partial charge in [-0.05, 0) is 62.1 Å². The van der Waals surface area contributed by atoms with Crippen LogP contribution in [0, 0.1) is 11.2 Å². The summed E-state index contributed by atoms with van der Waals surface area (Å²) in [4.78, 5) is 24.8. The fraction of sp³-hybridized carbons (Fsp3) is 0.364. The fourth-order valence-corrected chi connectivity index (χ4v) is 2.63. The molecule has 150 valence electrons. The Morgan fingerprint density at radius 2 is 1.29 bits per heavy atom. The molecular formula is C22H27FN2O3. The van der Waals surface area contributed by atoms with Gasteiger partial charge in [0.2, 0.25) is 11.8 Å². The van der Waals surface area contributed by atoms with Gasteiger partial charge >= 0.3 is 0 Å². The predicted octanol–water partition coefficient (Wildman–Crippen LogP) is 2.88. The summed E-state index contributed by atoms with van der Waals surface area (Å²) in [6, 6.07) is 13.8. The van der Waals surface area contributed by atoms with E-state index >= 15 is 0 Å². The topological polar surface area (TPSA) is 67.4 Å². The summed E-state index contributed by atoms with van der Waals surface area (Å²) >= 11 is 0. The van der Waals surface area contributed by atoms with Gasteiger partial charge in [0.05, 0.1) is 7.11 Å². The number of ether oxygens (including phenoxy) is 1. The molecule has 2 amide bonds. The first-order valence-corrected chi connectivity index (χ1v) is 9.27. The third kappa shape index (κ3) is 6.08. The van der Waals surface area contributed by atoms with E-state index in [2.05, 4.69) is 10.6 Å². The predicted molar refractivity (Wildman–Crippen MR) is 107 cm³/mol. The lowest BCUT2D eigenvalue weighted by atomic mass is 9.91. The first-order valence-electron chi connectivity index (χ1n) is 9.27. The van der Waals surface area contributed by atoms with Crippen molar-refractivity contribution in [2.45, 2.75) is 26.7 Å². The molecule has 0 aromatic heterocycles. The van der Waals surface area contributed by atoms with Crippen molar-refractivity contribution in [2.24, 2.45) is 5.41 Å². The minimum absolute atomic E-state index is 0.291. The van der Waals surface area contributed by atoms with Crippen molar-refractivity contribution in [2.75, 3.05) is 20.2 Å². The van der Waals surface area contributed by atoms with Crippen LogP contribution in [0.4, 0.5) is 4.39 Å². The molecule has 0 saturated carbocycles. The summed E-state index contributed by atoms with van der Waals surface area (Å²) < 4.78 is 18.0. The lowest BCUT2D eigenvalue weighted by Crippen LogP contribution is -2.48. The molecule has 28 heavy (non-hydrogen) atoms. The van der Waals surface area contributed by atoms with E-state index in [4.69, 9.17) is 4.74 Å². The first-order chi connectivity index (χ1) is 13.3. The maximum atomic E-state index is 12.9. The van der Waals surface area contributed by atoms with Crippen LogP contribution in [-0.4, -0.2) is 32.0 Å². The summed E-state index contributed by atoms with van der Waals surface area (Å²) in [5.41, 5.74) is 0.814. The van der Waals surface area contributed by atoms with Crippen molar-refractivity contribution in [3.05, 3.63) is 65.5 Å². The van der Waals surface area contributed by atoms with Gasteiger partial charge in [-0.1, -0.05) is 24.3 Å². The van der Waals surface area contributed by atoms with Crippen LogP contribution in [0.15, 0.2) is 48.5 Å². The average molecular weight is 386 g/mol. The molecule has 0 spiro atoms. The molecule has 2 N–H and O–H groups in total. The van der Waals surface area contributed by atoms with Crippen molar-refractivity contribution in [1.82, 2.24) is 10.6 Å². The van der Waals surface area contributed by atoms with E-state index in [1.165, 1.54) is 12.1 Å². The van der Waals surface area contributed by atoms with Crippen LogP contribution >= 0.6 is 0 Å². The standard InChI is InChI=1S/C22H27FN2O3/c1-22(2,20(26)24-14-12-16-4-8-18(23)9-5-16)21(27)25-15-13-17-6-10-19(28-3)11-7-17/h4-11H,12-15H2,1-3H3,(H,24,26)(H,25,27). The molecule has 5 nitrogen and oxygen atoms in total. The highest BCUT2D eigenvalue weighted by Crippen LogP contribution is 2.16. The molecular weight excluding hydrogens is 359 g/mol. The molecule has 0 fully saturated rings. The van der Waals surface area contributed by atoms with Crippen molar-refractivity contribution in [3.63, 3.8) is 0 Å². The molecule has 0 atom stereocenters. The highest BCUT2D eigenvalue weighted by molar-refractivity contribution is 6.04. The summed E-state index contributed by atoms with van der Waals surface area (Å²) in [6.45, 7) is 4.02. The SMILES string of the molecule is COc1ccc(CCNC(=O)C(C)(C)C(=O)NCCc2ccc(F)cc2)cc1. The maximum Gasteiger partial charge on any atom is 0.235 e. The molecule has 0 aliphatic carbocycles. The Labute approximate surface area is 165 Å². The number of nitrogens with one attached hydrogen (secondary N) is 2. The van der Waals surface area contributed by atoms with Crippen molar-refractivity contribution >= 4 is 11.8 Å². The molecule has 6 heteroatoms. The van der Waals surface area contributed by atoms with E-state index in [1.54, 1.807) is 33.1 Å². The molecule has 0 radical (unpaired) electrons. The number of methoxy groups -OCH3 is 1. The largest absolute Gasteiger partial charge is 0.497 e. The van der Waals surface area contributed by atoms with Gasteiger partial charge in [-0.3, -0.25) is 9.59 Å². The summed E-state index contributed by atoms with van der Waals surface area (Å²) in [5.74, 6) is -0.164. The number of halogens is 1. The van der Waals surface area contributed by atoms with Gasteiger partial charge in [0.1, 0.15) is 17.0 Å². The molecule has 0 saturated heterocycles. The van der Waals surface area contributed by atoms with Crippen LogP contribution in [0.3, 0.4) is 0 Å². The number of carbonyl (C=O) groups is 2. The second-order valence-electron chi connectivity index (χ2n) is 7.11. The Balaban J connectivity index is 1.76. The van der Waals surface area contributed by atoms with E-state index in [1.807, 2.05) is 24.3 Å². The summed E-state index contributed by atoms with van der Waals surface area (Å²) in [7, 11) is 1.61. The summed E-state index contributed by atoms with van der Waals surface area (Å²) in [5, 5.41) is 5.60. The molecule has 0 heterocycles. The minimum Gasteiger partial charge on any atom is -0.497 e. The number of hydrogen-bond donors (Lipinski definition) is 2.